The molecule has 0 aromatic heterocycles. The van der Waals surface area contributed by atoms with Crippen molar-refractivity contribution in [2.45, 2.75) is 0 Å². The largest absolute Gasteiger partial charge is 0.507 e. The van der Waals surface area contributed by atoms with Gasteiger partial charge < -0.3 is 5.11 Å². The molecule has 0 aliphatic rings. The van der Waals surface area contributed by atoms with Crippen molar-refractivity contribution in [3.05, 3.63) is 127 Å². The summed E-state index contributed by atoms with van der Waals surface area (Å²) >= 11 is 0. The van der Waals surface area contributed by atoms with E-state index in [-0.39, 0.29) is 35.5 Å². The maximum absolute atomic E-state index is 10.8. The molecule has 164 valence electrons. The van der Waals surface area contributed by atoms with E-state index in [9.17, 15) is 5.11 Å². The van der Waals surface area contributed by atoms with Crippen LogP contribution >= 0.6 is 0 Å². The molecule has 0 amide bonds. The molecule has 1 nitrogen and oxygen atoms in total. The van der Waals surface area contributed by atoms with Crippen LogP contribution in [-0.2, 0) is 0 Å². The Kier molecular flexibility index (Phi) is 3.38. The summed E-state index contributed by atoms with van der Waals surface area (Å²) in [5.74, 6) is 0.228. The summed E-state index contributed by atoms with van der Waals surface area (Å²) in [6.45, 7) is 0. The number of phenols is 1. The summed E-state index contributed by atoms with van der Waals surface area (Å²) in [5, 5.41) is 17.9. The molecule has 35 heavy (non-hydrogen) atoms. The summed E-state index contributed by atoms with van der Waals surface area (Å²) in [6, 6.07) is 29.9. The molecule has 0 bridgehead atoms. The zero-order chi connectivity index (χ0) is 27.7. The van der Waals surface area contributed by atoms with E-state index < -0.39 is 6.04 Å². The van der Waals surface area contributed by atoms with Gasteiger partial charge in [0, 0.05) is 5.39 Å². The number of aromatic hydroxyl groups is 1. The third-order valence-electron chi connectivity index (χ3n) is 6.81. The van der Waals surface area contributed by atoms with Gasteiger partial charge in [0.2, 0.25) is 0 Å². The van der Waals surface area contributed by atoms with Crippen LogP contribution in [-0.4, -0.2) is 5.11 Å². The predicted molar refractivity (Wildman–Crippen MR) is 149 cm³/mol. The van der Waals surface area contributed by atoms with Crippen LogP contribution in [0.3, 0.4) is 0 Å². The Labute approximate surface area is 210 Å². The zero-order valence-electron chi connectivity index (χ0n) is 23.7. The van der Waals surface area contributed by atoms with Gasteiger partial charge in [0.05, 0.1) is 6.85 Å². The fourth-order valence-corrected chi connectivity index (χ4v) is 5.33. The van der Waals surface area contributed by atoms with Crippen molar-refractivity contribution in [1.29, 1.82) is 0 Å². The molecule has 0 saturated heterocycles. The third kappa shape index (κ3) is 3.02. The van der Waals surface area contributed by atoms with Crippen LogP contribution in [0.2, 0.25) is 0 Å². The summed E-state index contributed by atoms with van der Waals surface area (Å²) in [6.07, 6.45) is 0. The van der Waals surface area contributed by atoms with Crippen molar-refractivity contribution in [3.63, 3.8) is 0 Å². The van der Waals surface area contributed by atoms with Gasteiger partial charge in [0.25, 0.3) is 0 Å². The van der Waals surface area contributed by atoms with Crippen LogP contribution in [0.4, 0.5) is 0 Å². The van der Waals surface area contributed by atoms with Crippen LogP contribution in [0.15, 0.2) is 127 Å². The Bertz CT molecular complexity index is 2100. The van der Waals surface area contributed by atoms with Crippen molar-refractivity contribution in [3.8, 4) is 28.0 Å². The van der Waals surface area contributed by atoms with E-state index in [1.54, 1.807) is 6.07 Å². The fraction of sp³-hybridized carbons (Fsp3) is 0. The molecule has 0 heterocycles. The average Bonchev–Trinajstić information content (AvgIpc) is 2.98. The van der Waals surface area contributed by atoms with E-state index >= 15 is 0 Å². The number of phenolic OH excluding ortho intramolecular Hbond substituents is 1. The molecule has 7 aromatic carbocycles. The van der Waals surface area contributed by atoms with Crippen LogP contribution < -0.4 is 0 Å². The first-order valence-electron chi connectivity index (χ1n) is 14.0. The second-order valence-corrected chi connectivity index (χ2v) is 8.72. The molecule has 0 fully saturated rings. The Morgan fingerprint density at radius 2 is 0.971 bits per heavy atom. The Hall–Kier alpha value is -4.62. The highest BCUT2D eigenvalue weighted by atomic mass is 16.3. The molecule has 7 aromatic rings. The lowest BCUT2D eigenvalue weighted by Gasteiger charge is -2.18. The number of benzene rings is 7. The lowest BCUT2D eigenvalue weighted by atomic mass is 9.85. The van der Waals surface area contributed by atoms with Gasteiger partial charge in [-0.2, -0.15) is 0 Å². The molecule has 1 heteroatoms. The van der Waals surface area contributed by atoms with Gasteiger partial charge in [0.15, 0.2) is 0 Å². The van der Waals surface area contributed by atoms with E-state index in [4.69, 9.17) is 6.85 Å². The van der Waals surface area contributed by atoms with E-state index in [1.807, 2.05) is 72.8 Å². The minimum absolute atomic E-state index is 0.194. The molecule has 0 aliphatic heterocycles. The van der Waals surface area contributed by atoms with E-state index in [0.717, 1.165) is 54.2 Å². The van der Waals surface area contributed by atoms with Gasteiger partial charge >= 0.3 is 0 Å². The second kappa shape index (κ2) is 7.72. The molecule has 7 rings (SSSR count). The molecule has 0 aliphatic carbocycles. The topological polar surface area (TPSA) is 20.2 Å². The molecular formula is C34H22O. The van der Waals surface area contributed by atoms with Crippen LogP contribution in [0.5, 0.6) is 5.75 Å². The van der Waals surface area contributed by atoms with Gasteiger partial charge in [-0.05, 0) is 72.1 Å². The van der Waals surface area contributed by atoms with Gasteiger partial charge in [-0.3, -0.25) is 0 Å². The summed E-state index contributed by atoms with van der Waals surface area (Å²) in [7, 11) is 0. The monoisotopic (exact) mass is 451 g/mol. The van der Waals surface area contributed by atoms with E-state index in [0.29, 0.717) is 5.56 Å². The minimum Gasteiger partial charge on any atom is -0.507 e. The van der Waals surface area contributed by atoms with Crippen molar-refractivity contribution >= 4 is 43.1 Å². The van der Waals surface area contributed by atoms with Gasteiger partial charge in [-0.15, -0.1) is 0 Å². The lowest BCUT2D eigenvalue weighted by molar-refractivity contribution is 0.482. The highest BCUT2D eigenvalue weighted by Gasteiger charge is 2.17. The number of fused-ring (bicyclic) bond motifs is 5. The van der Waals surface area contributed by atoms with Gasteiger partial charge in [0.1, 0.15) is 5.75 Å². The quantitative estimate of drug-likeness (QED) is 0.205. The first kappa shape index (κ1) is 15.3. The Balaban J connectivity index is 1.62. The molecule has 0 radical (unpaired) electrons. The van der Waals surface area contributed by atoms with Crippen molar-refractivity contribution < 1.29 is 12.0 Å². The Morgan fingerprint density at radius 1 is 0.457 bits per heavy atom. The fourth-order valence-electron chi connectivity index (χ4n) is 5.33. The van der Waals surface area contributed by atoms with Crippen molar-refractivity contribution in [2.75, 3.05) is 0 Å². The molecular weight excluding hydrogens is 424 g/mol. The standard InChI is InChI=1S/C34H22O/c35-32-21-24-20-23(18-19-25(24)26-12-4-5-13-27(26)32)34-30-16-8-6-14-28(30)33(22-10-2-1-3-11-22)29-15-7-9-17-31(29)34/h1-21,35H/i1D,2D,3D,10D,11D. The first-order valence-corrected chi connectivity index (χ1v) is 11.5. The lowest BCUT2D eigenvalue weighted by Crippen LogP contribution is -1.91. The third-order valence-corrected chi connectivity index (χ3v) is 6.81. The minimum atomic E-state index is -0.407. The smallest absolute Gasteiger partial charge is 0.124 e. The molecule has 1 N–H and O–H groups in total. The average molecular weight is 452 g/mol. The second-order valence-electron chi connectivity index (χ2n) is 8.72. The van der Waals surface area contributed by atoms with Crippen LogP contribution in [0, 0.1) is 0 Å². The molecule has 0 unspecified atom stereocenters. The SMILES string of the molecule is [2H]c1c([2H])c([2H])c(-c2c3ccccc3c(-c3ccc4c(c3)cc(O)c3ccccc34)c3ccccc23)c([2H])c1[2H]. The van der Waals surface area contributed by atoms with Crippen LogP contribution in [0.25, 0.3) is 65.3 Å². The van der Waals surface area contributed by atoms with Crippen molar-refractivity contribution in [1.82, 2.24) is 0 Å². The van der Waals surface area contributed by atoms with E-state index in [1.165, 1.54) is 0 Å². The van der Waals surface area contributed by atoms with E-state index in [2.05, 4.69) is 18.2 Å². The highest BCUT2D eigenvalue weighted by Crippen LogP contribution is 2.44. The number of hydrogen-bond donors (Lipinski definition) is 1. The molecule has 0 saturated carbocycles. The molecule has 0 spiro atoms. The van der Waals surface area contributed by atoms with Gasteiger partial charge in [-0.1, -0.05) is 115 Å². The van der Waals surface area contributed by atoms with Gasteiger partial charge in [-0.25, -0.2) is 0 Å². The summed E-state index contributed by atoms with van der Waals surface area (Å²) in [5.41, 5.74) is 2.76. The normalized spacial score (nSPS) is 13.5. The maximum Gasteiger partial charge on any atom is 0.124 e. The number of rotatable bonds is 2. The van der Waals surface area contributed by atoms with Crippen LogP contribution in [0.1, 0.15) is 6.85 Å². The zero-order valence-corrected chi connectivity index (χ0v) is 18.7. The highest BCUT2D eigenvalue weighted by molar-refractivity contribution is 6.22. The maximum atomic E-state index is 10.8. The summed E-state index contributed by atoms with van der Waals surface area (Å²) in [4.78, 5) is 0. The Morgan fingerprint density at radius 3 is 1.57 bits per heavy atom. The molecule has 0 atom stereocenters. The van der Waals surface area contributed by atoms with Crippen molar-refractivity contribution in [2.24, 2.45) is 0 Å². The predicted octanol–water partition coefficient (Wildman–Crippen LogP) is 9.34. The summed E-state index contributed by atoms with van der Waals surface area (Å²) < 4.78 is 42.1. The first-order chi connectivity index (χ1) is 19.4. The number of hydrogen-bond acceptors (Lipinski definition) is 1.